The average molecular weight is 459 g/mol. The Balaban J connectivity index is 1.35. The SMILES string of the molecule is O=C(NC1CCN(C(=O)c2ccccc2SC2CCS(=O)(=O)C2)CC1)c1ccccc1. The first-order chi connectivity index (χ1) is 14.9. The van der Waals surface area contributed by atoms with Crippen molar-refractivity contribution in [2.45, 2.75) is 35.4 Å². The van der Waals surface area contributed by atoms with Gasteiger partial charge in [-0.25, -0.2) is 8.42 Å². The topological polar surface area (TPSA) is 83.6 Å². The molecule has 1 atom stereocenters. The quantitative estimate of drug-likeness (QED) is 0.745. The zero-order valence-electron chi connectivity index (χ0n) is 17.2. The zero-order valence-corrected chi connectivity index (χ0v) is 18.8. The van der Waals surface area contributed by atoms with E-state index < -0.39 is 9.84 Å². The molecule has 2 amide bonds. The van der Waals surface area contributed by atoms with Crippen LogP contribution in [-0.2, 0) is 9.84 Å². The normalized spacial score (nSPS) is 21.0. The summed E-state index contributed by atoms with van der Waals surface area (Å²) in [6, 6.07) is 16.6. The number of nitrogens with one attached hydrogen (secondary N) is 1. The summed E-state index contributed by atoms with van der Waals surface area (Å²) < 4.78 is 23.6. The maximum Gasteiger partial charge on any atom is 0.254 e. The van der Waals surface area contributed by atoms with Crippen molar-refractivity contribution in [3.05, 3.63) is 65.7 Å². The predicted molar refractivity (Wildman–Crippen MR) is 122 cm³/mol. The molecule has 0 radical (unpaired) electrons. The molecule has 4 rings (SSSR count). The highest BCUT2D eigenvalue weighted by Gasteiger charge is 2.31. The third kappa shape index (κ3) is 5.49. The Morgan fingerprint density at radius 1 is 0.935 bits per heavy atom. The van der Waals surface area contributed by atoms with Crippen molar-refractivity contribution in [1.82, 2.24) is 10.2 Å². The minimum absolute atomic E-state index is 0.00196. The van der Waals surface area contributed by atoms with Gasteiger partial charge in [-0.15, -0.1) is 11.8 Å². The van der Waals surface area contributed by atoms with Gasteiger partial charge >= 0.3 is 0 Å². The molecular weight excluding hydrogens is 432 g/mol. The lowest BCUT2D eigenvalue weighted by Gasteiger charge is -2.33. The van der Waals surface area contributed by atoms with Crippen LogP contribution in [0.15, 0.2) is 59.5 Å². The summed E-state index contributed by atoms with van der Waals surface area (Å²) in [5.74, 6) is 0.283. The molecule has 2 fully saturated rings. The second-order valence-electron chi connectivity index (χ2n) is 8.05. The highest BCUT2D eigenvalue weighted by molar-refractivity contribution is 8.02. The smallest absolute Gasteiger partial charge is 0.254 e. The van der Waals surface area contributed by atoms with Crippen LogP contribution in [0, 0.1) is 0 Å². The van der Waals surface area contributed by atoms with Gasteiger partial charge in [0.05, 0.1) is 17.1 Å². The van der Waals surface area contributed by atoms with E-state index in [9.17, 15) is 18.0 Å². The molecule has 0 bridgehead atoms. The number of sulfone groups is 1. The van der Waals surface area contributed by atoms with Gasteiger partial charge in [-0.2, -0.15) is 0 Å². The number of rotatable bonds is 5. The van der Waals surface area contributed by atoms with Crippen molar-refractivity contribution in [2.75, 3.05) is 24.6 Å². The van der Waals surface area contributed by atoms with Crippen LogP contribution in [0.5, 0.6) is 0 Å². The van der Waals surface area contributed by atoms with Crippen LogP contribution < -0.4 is 5.32 Å². The highest BCUT2D eigenvalue weighted by atomic mass is 32.2. The molecule has 0 spiro atoms. The summed E-state index contributed by atoms with van der Waals surface area (Å²) in [5.41, 5.74) is 1.27. The van der Waals surface area contributed by atoms with Gasteiger partial charge in [0.2, 0.25) is 0 Å². The third-order valence-electron chi connectivity index (χ3n) is 5.76. The van der Waals surface area contributed by atoms with E-state index >= 15 is 0 Å². The van der Waals surface area contributed by atoms with Crippen LogP contribution in [0.1, 0.15) is 40.0 Å². The molecule has 0 saturated carbocycles. The molecule has 2 aliphatic rings. The molecule has 2 aliphatic heterocycles. The molecule has 2 aromatic rings. The number of thioether (sulfide) groups is 1. The molecule has 31 heavy (non-hydrogen) atoms. The van der Waals surface area contributed by atoms with E-state index in [0.717, 1.165) is 4.90 Å². The molecule has 1 unspecified atom stereocenters. The summed E-state index contributed by atoms with van der Waals surface area (Å²) >= 11 is 1.50. The van der Waals surface area contributed by atoms with Crippen LogP contribution in [0.25, 0.3) is 0 Å². The zero-order chi connectivity index (χ0) is 21.8. The third-order valence-corrected chi connectivity index (χ3v) is 9.08. The van der Waals surface area contributed by atoms with Crippen LogP contribution in [0.4, 0.5) is 0 Å². The number of piperidine rings is 1. The number of benzene rings is 2. The lowest BCUT2D eigenvalue weighted by molar-refractivity contribution is 0.0694. The Morgan fingerprint density at radius 2 is 1.61 bits per heavy atom. The van der Waals surface area contributed by atoms with E-state index in [4.69, 9.17) is 0 Å². The van der Waals surface area contributed by atoms with Gasteiger partial charge in [0, 0.05) is 34.8 Å². The first kappa shape index (κ1) is 21.9. The number of carbonyl (C=O) groups is 2. The number of amides is 2. The van der Waals surface area contributed by atoms with E-state index in [0.29, 0.717) is 43.5 Å². The van der Waals surface area contributed by atoms with E-state index in [2.05, 4.69) is 5.32 Å². The van der Waals surface area contributed by atoms with Crippen molar-refractivity contribution >= 4 is 33.4 Å². The standard InChI is InChI=1S/C23H26N2O4S2/c26-22(17-6-2-1-3-7-17)24-18-10-13-25(14-11-18)23(27)20-8-4-5-9-21(20)30-19-12-15-31(28,29)16-19/h1-9,18-19H,10-16H2,(H,24,26). The number of carbonyl (C=O) groups excluding carboxylic acids is 2. The fraction of sp³-hybridized carbons (Fsp3) is 0.391. The van der Waals surface area contributed by atoms with E-state index in [-0.39, 0.29) is 34.6 Å². The molecule has 1 N–H and O–H groups in total. The molecule has 8 heteroatoms. The fourth-order valence-electron chi connectivity index (χ4n) is 4.04. The lowest BCUT2D eigenvalue weighted by Crippen LogP contribution is -2.46. The second-order valence-corrected chi connectivity index (χ2v) is 11.6. The van der Waals surface area contributed by atoms with Gasteiger partial charge in [-0.3, -0.25) is 9.59 Å². The summed E-state index contributed by atoms with van der Waals surface area (Å²) in [4.78, 5) is 28.2. The average Bonchev–Trinajstić information content (AvgIpc) is 3.13. The predicted octanol–water partition coefficient (Wildman–Crippen LogP) is 3.00. The summed E-state index contributed by atoms with van der Waals surface area (Å²) in [6.45, 7) is 1.16. The first-order valence-electron chi connectivity index (χ1n) is 10.5. The number of likely N-dealkylation sites (tertiary alicyclic amines) is 1. The van der Waals surface area contributed by atoms with Crippen molar-refractivity contribution in [3.8, 4) is 0 Å². The monoisotopic (exact) mass is 458 g/mol. The van der Waals surface area contributed by atoms with Gasteiger partial charge in [-0.05, 0) is 43.5 Å². The van der Waals surface area contributed by atoms with Crippen LogP contribution >= 0.6 is 11.8 Å². The van der Waals surface area contributed by atoms with Gasteiger partial charge in [-0.1, -0.05) is 30.3 Å². The van der Waals surface area contributed by atoms with E-state index in [1.807, 2.05) is 47.4 Å². The van der Waals surface area contributed by atoms with Crippen molar-refractivity contribution in [1.29, 1.82) is 0 Å². The Morgan fingerprint density at radius 3 is 2.29 bits per heavy atom. The number of hydrogen-bond acceptors (Lipinski definition) is 5. The minimum Gasteiger partial charge on any atom is -0.349 e. The van der Waals surface area contributed by atoms with Gasteiger partial charge in [0.25, 0.3) is 11.8 Å². The Kier molecular flexibility index (Phi) is 6.67. The van der Waals surface area contributed by atoms with Crippen molar-refractivity contribution in [2.24, 2.45) is 0 Å². The molecule has 2 aromatic carbocycles. The van der Waals surface area contributed by atoms with Crippen molar-refractivity contribution in [3.63, 3.8) is 0 Å². The van der Waals surface area contributed by atoms with E-state index in [1.54, 1.807) is 12.1 Å². The Hall–Kier alpha value is -2.32. The minimum atomic E-state index is -2.96. The highest BCUT2D eigenvalue weighted by Crippen LogP contribution is 2.33. The fourth-order valence-corrected chi connectivity index (χ4v) is 7.66. The molecule has 6 nitrogen and oxygen atoms in total. The number of nitrogens with zero attached hydrogens (tertiary/aromatic N) is 1. The summed E-state index contributed by atoms with van der Waals surface area (Å²) in [6.07, 6.45) is 2.04. The summed E-state index contributed by atoms with van der Waals surface area (Å²) in [5, 5.41) is 3.06. The van der Waals surface area contributed by atoms with E-state index in [1.165, 1.54) is 11.8 Å². The van der Waals surface area contributed by atoms with Gasteiger partial charge < -0.3 is 10.2 Å². The second kappa shape index (κ2) is 9.44. The molecule has 0 aliphatic carbocycles. The van der Waals surface area contributed by atoms with Crippen LogP contribution in [-0.4, -0.2) is 61.0 Å². The molecule has 0 aromatic heterocycles. The largest absolute Gasteiger partial charge is 0.349 e. The Labute approximate surface area is 187 Å². The maximum atomic E-state index is 13.2. The molecule has 164 valence electrons. The lowest BCUT2D eigenvalue weighted by atomic mass is 10.0. The molecular formula is C23H26N2O4S2. The Bertz CT molecular complexity index is 1050. The van der Waals surface area contributed by atoms with Gasteiger partial charge in [0.1, 0.15) is 0 Å². The van der Waals surface area contributed by atoms with Gasteiger partial charge in [0.15, 0.2) is 9.84 Å². The maximum absolute atomic E-state index is 13.2. The first-order valence-corrected chi connectivity index (χ1v) is 13.2. The van der Waals surface area contributed by atoms with Crippen LogP contribution in [0.3, 0.4) is 0 Å². The number of hydrogen-bond donors (Lipinski definition) is 1. The van der Waals surface area contributed by atoms with Crippen LogP contribution in [0.2, 0.25) is 0 Å². The summed E-state index contributed by atoms with van der Waals surface area (Å²) in [7, 11) is -2.96. The molecule has 2 saturated heterocycles. The van der Waals surface area contributed by atoms with Crippen molar-refractivity contribution < 1.29 is 18.0 Å². The molecule has 2 heterocycles.